The molecular formula is C13H22N4O2S. The van der Waals surface area contributed by atoms with Crippen molar-refractivity contribution in [2.45, 2.75) is 43.9 Å². The van der Waals surface area contributed by atoms with Crippen LogP contribution < -0.4 is 10.0 Å². The van der Waals surface area contributed by atoms with E-state index >= 15 is 0 Å². The summed E-state index contributed by atoms with van der Waals surface area (Å²) >= 11 is 0. The third-order valence-electron chi connectivity index (χ3n) is 3.25. The number of aromatic nitrogens is 2. The van der Waals surface area contributed by atoms with Crippen molar-refractivity contribution in [3.05, 3.63) is 12.4 Å². The van der Waals surface area contributed by atoms with Crippen molar-refractivity contribution in [2.24, 2.45) is 5.92 Å². The molecule has 0 aromatic carbocycles. The SMILES string of the molecule is CCCNc1ncc(S(=O)(=O)NCCCC2CC2)cn1. The van der Waals surface area contributed by atoms with E-state index in [4.69, 9.17) is 0 Å². The molecule has 112 valence electrons. The van der Waals surface area contributed by atoms with Crippen LogP contribution in [0.25, 0.3) is 0 Å². The summed E-state index contributed by atoms with van der Waals surface area (Å²) in [5, 5.41) is 3.01. The molecule has 1 aromatic rings. The van der Waals surface area contributed by atoms with E-state index in [2.05, 4.69) is 20.0 Å². The summed E-state index contributed by atoms with van der Waals surface area (Å²) in [6.07, 6.45) is 8.24. The lowest BCUT2D eigenvalue weighted by molar-refractivity contribution is 0.571. The second kappa shape index (κ2) is 6.99. The lowest BCUT2D eigenvalue weighted by Crippen LogP contribution is -2.25. The van der Waals surface area contributed by atoms with Crippen LogP contribution in [0.5, 0.6) is 0 Å². The van der Waals surface area contributed by atoms with E-state index in [1.165, 1.54) is 25.2 Å². The van der Waals surface area contributed by atoms with Crippen LogP contribution in [0, 0.1) is 5.92 Å². The van der Waals surface area contributed by atoms with E-state index < -0.39 is 10.0 Å². The minimum Gasteiger partial charge on any atom is -0.354 e. The highest BCUT2D eigenvalue weighted by Gasteiger charge is 2.21. The van der Waals surface area contributed by atoms with E-state index in [9.17, 15) is 8.42 Å². The van der Waals surface area contributed by atoms with Crippen molar-refractivity contribution in [1.82, 2.24) is 14.7 Å². The third-order valence-corrected chi connectivity index (χ3v) is 4.67. The largest absolute Gasteiger partial charge is 0.354 e. The van der Waals surface area contributed by atoms with E-state index in [-0.39, 0.29) is 4.90 Å². The van der Waals surface area contributed by atoms with Crippen molar-refractivity contribution in [3.63, 3.8) is 0 Å². The highest BCUT2D eigenvalue weighted by Crippen LogP contribution is 2.33. The van der Waals surface area contributed by atoms with Gasteiger partial charge in [0.1, 0.15) is 4.90 Å². The molecule has 6 nitrogen and oxygen atoms in total. The Balaban J connectivity index is 1.83. The van der Waals surface area contributed by atoms with E-state index in [0.29, 0.717) is 12.5 Å². The summed E-state index contributed by atoms with van der Waals surface area (Å²) in [5.41, 5.74) is 0. The highest BCUT2D eigenvalue weighted by atomic mass is 32.2. The van der Waals surface area contributed by atoms with Crippen molar-refractivity contribution >= 4 is 16.0 Å². The average molecular weight is 298 g/mol. The van der Waals surface area contributed by atoms with Crippen molar-refractivity contribution in [3.8, 4) is 0 Å². The second-order valence-electron chi connectivity index (χ2n) is 5.15. The van der Waals surface area contributed by atoms with Gasteiger partial charge in [0.2, 0.25) is 16.0 Å². The van der Waals surface area contributed by atoms with E-state index in [1.807, 2.05) is 6.92 Å². The lowest BCUT2D eigenvalue weighted by Gasteiger charge is -2.07. The van der Waals surface area contributed by atoms with Crippen LogP contribution in [0.1, 0.15) is 39.0 Å². The molecular weight excluding hydrogens is 276 g/mol. The topological polar surface area (TPSA) is 84.0 Å². The smallest absolute Gasteiger partial charge is 0.243 e. The summed E-state index contributed by atoms with van der Waals surface area (Å²) < 4.78 is 26.6. The molecule has 2 N–H and O–H groups in total. The zero-order valence-electron chi connectivity index (χ0n) is 11.8. The molecule has 1 fully saturated rings. The molecule has 1 aromatic heterocycles. The van der Waals surface area contributed by atoms with Crippen molar-refractivity contribution < 1.29 is 8.42 Å². The van der Waals surface area contributed by atoms with Gasteiger partial charge < -0.3 is 5.32 Å². The molecule has 2 rings (SSSR count). The van der Waals surface area contributed by atoms with Crippen LogP contribution in [0.3, 0.4) is 0 Å². The van der Waals surface area contributed by atoms with Gasteiger partial charge in [-0.3, -0.25) is 0 Å². The Kier molecular flexibility index (Phi) is 5.31. The van der Waals surface area contributed by atoms with E-state index in [1.54, 1.807) is 0 Å². The molecule has 1 aliphatic carbocycles. The molecule has 0 spiro atoms. The predicted molar refractivity (Wildman–Crippen MR) is 78.0 cm³/mol. The Bertz CT molecular complexity index is 512. The number of hydrogen-bond donors (Lipinski definition) is 2. The molecule has 0 unspecified atom stereocenters. The number of rotatable bonds is 9. The predicted octanol–water partition coefficient (Wildman–Crippen LogP) is 1.77. The molecule has 1 heterocycles. The van der Waals surface area contributed by atoms with Gasteiger partial charge in [-0.25, -0.2) is 23.1 Å². The fourth-order valence-corrected chi connectivity index (χ4v) is 2.83. The molecule has 0 radical (unpaired) electrons. The molecule has 0 bridgehead atoms. The average Bonchev–Trinajstić information content (AvgIpc) is 3.26. The van der Waals surface area contributed by atoms with Crippen LogP contribution in [0.15, 0.2) is 17.3 Å². The summed E-state index contributed by atoms with van der Waals surface area (Å²) in [7, 11) is -3.48. The first-order chi connectivity index (χ1) is 9.62. The number of sulfonamides is 1. The monoisotopic (exact) mass is 298 g/mol. The zero-order valence-corrected chi connectivity index (χ0v) is 12.6. The van der Waals surface area contributed by atoms with Crippen LogP contribution in [-0.4, -0.2) is 31.5 Å². The molecule has 7 heteroatoms. The van der Waals surface area contributed by atoms with Crippen LogP contribution >= 0.6 is 0 Å². The van der Waals surface area contributed by atoms with E-state index in [0.717, 1.165) is 31.7 Å². The fraction of sp³-hybridized carbons (Fsp3) is 0.692. The first kappa shape index (κ1) is 15.2. The minimum absolute atomic E-state index is 0.117. The fourth-order valence-electron chi connectivity index (χ4n) is 1.87. The van der Waals surface area contributed by atoms with Crippen molar-refractivity contribution in [1.29, 1.82) is 0 Å². The summed E-state index contributed by atoms with van der Waals surface area (Å²) in [5.74, 6) is 1.28. The number of hydrogen-bond acceptors (Lipinski definition) is 5. The maximum atomic E-state index is 12.0. The summed E-state index contributed by atoms with van der Waals surface area (Å²) in [4.78, 5) is 8.13. The molecule has 0 saturated heterocycles. The molecule has 1 saturated carbocycles. The van der Waals surface area contributed by atoms with Crippen molar-refractivity contribution in [2.75, 3.05) is 18.4 Å². The quantitative estimate of drug-likeness (QED) is 0.679. The third kappa shape index (κ3) is 4.72. The molecule has 1 aliphatic rings. The van der Waals surface area contributed by atoms with Gasteiger partial charge in [-0.2, -0.15) is 0 Å². The van der Waals surface area contributed by atoms with Gasteiger partial charge in [-0.05, 0) is 25.2 Å². The first-order valence-corrected chi connectivity index (χ1v) is 8.65. The van der Waals surface area contributed by atoms with Gasteiger partial charge in [-0.15, -0.1) is 0 Å². The van der Waals surface area contributed by atoms with Gasteiger partial charge in [0.15, 0.2) is 0 Å². The standard InChI is InChI=1S/C13H22N4O2S/c1-2-7-14-13-15-9-12(10-16-13)20(18,19)17-8-3-4-11-5-6-11/h9-11,17H,2-8H2,1H3,(H,14,15,16). The van der Waals surface area contributed by atoms with Crippen LogP contribution in [0.2, 0.25) is 0 Å². The second-order valence-corrected chi connectivity index (χ2v) is 6.92. The Hall–Kier alpha value is -1.21. The number of anilines is 1. The Morgan fingerprint density at radius 1 is 1.25 bits per heavy atom. The van der Waals surface area contributed by atoms with Crippen LogP contribution in [0.4, 0.5) is 5.95 Å². The summed E-state index contributed by atoms with van der Waals surface area (Å²) in [6, 6.07) is 0. The van der Waals surface area contributed by atoms with Gasteiger partial charge in [0.25, 0.3) is 0 Å². The minimum atomic E-state index is -3.48. The lowest BCUT2D eigenvalue weighted by atomic mass is 10.2. The highest BCUT2D eigenvalue weighted by molar-refractivity contribution is 7.89. The van der Waals surface area contributed by atoms with Crippen LogP contribution in [-0.2, 0) is 10.0 Å². The number of nitrogens with zero attached hydrogens (tertiary/aromatic N) is 2. The zero-order chi connectivity index (χ0) is 14.4. The summed E-state index contributed by atoms with van der Waals surface area (Å²) in [6.45, 7) is 3.29. The normalized spacial score (nSPS) is 15.2. The Morgan fingerprint density at radius 3 is 2.55 bits per heavy atom. The van der Waals surface area contributed by atoms with Gasteiger partial charge in [0.05, 0.1) is 12.4 Å². The molecule has 0 atom stereocenters. The molecule has 20 heavy (non-hydrogen) atoms. The number of nitrogens with one attached hydrogen (secondary N) is 2. The maximum Gasteiger partial charge on any atom is 0.243 e. The van der Waals surface area contributed by atoms with Gasteiger partial charge in [-0.1, -0.05) is 19.8 Å². The Labute approximate surface area is 120 Å². The first-order valence-electron chi connectivity index (χ1n) is 7.17. The van der Waals surface area contributed by atoms with Gasteiger partial charge in [0, 0.05) is 13.1 Å². The molecule has 0 amide bonds. The maximum absolute atomic E-state index is 12.0. The van der Waals surface area contributed by atoms with Gasteiger partial charge >= 0.3 is 0 Å². The molecule has 0 aliphatic heterocycles. The Morgan fingerprint density at radius 2 is 1.95 bits per heavy atom.